The number of hydrogen-bond donors (Lipinski definition) is 1. The monoisotopic (exact) mass is 288 g/mol. The van der Waals surface area contributed by atoms with Gasteiger partial charge in [0.1, 0.15) is 5.75 Å². The molecule has 1 aliphatic heterocycles. The molecule has 1 aromatic rings. The lowest BCUT2D eigenvalue weighted by atomic mass is 9.84. The molecular weight excluding hydrogens is 260 g/mol. The highest BCUT2D eigenvalue weighted by atomic mass is 16.5. The Morgan fingerprint density at radius 2 is 2.14 bits per heavy atom. The van der Waals surface area contributed by atoms with Gasteiger partial charge < -0.3 is 10.5 Å². The molecule has 21 heavy (non-hydrogen) atoms. The van der Waals surface area contributed by atoms with Crippen molar-refractivity contribution in [2.75, 3.05) is 20.2 Å². The molecule has 1 saturated heterocycles. The van der Waals surface area contributed by atoms with Crippen LogP contribution in [0.25, 0.3) is 0 Å². The first-order chi connectivity index (χ1) is 10.2. The molecule has 2 aliphatic rings. The van der Waals surface area contributed by atoms with Gasteiger partial charge in [-0.1, -0.05) is 6.07 Å². The summed E-state index contributed by atoms with van der Waals surface area (Å²) in [6.45, 7) is 4.54. The summed E-state index contributed by atoms with van der Waals surface area (Å²) in [5.74, 6) is 1.64. The maximum absolute atomic E-state index is 6.15. The fraction of sp³-hybridized carbons (Fsp3) is 0.667. The second-order valence-corrected chi connectivity index (χ2v) is 6.73. The summed E-state index contributed by atoms with van der Waals surface area (Å²) in [6, 6.07) is 7.53. The highest BCUT2D eigenvalue weighted by Crippen LogP contribution is 2.38. The predicted molar refractivity (Wildman–Crippen MR) is 86.6 cm³/mol. The first-order valence-corrected chi connectivity index (χ1v) is 8.35. The highest BCUT2D eigenvalue weighted by Gasteiger charge is 2.31. The summed E-state index contributed by atoms with van der Waals surface area (Å²) in [5.41, 5.74) is 9.15. The van der Waals surface area contributed by atoms with Crippen LogP contribution in [0, 0.1) is 5.92 Å². The summed E-state index contributed by atoms with van der Waals surface area (Å²) in [5, 5.41) is 0. The second-order valence-electron chi connectivity index (χ2n) is 6.73. The van der Waals surface area contributed by atoms with Crippen LogP contribution in [0.2, 0.25) is 0 Å². The molecular formula is C18H28N2O. The molecule has 2 N–H and O–H groups in total. The van der Waals surface area contributed by atoms with Gasteiger partial charge in [-0.3, -0.25) is 4.90 Å². The third kappa shape index (κ3) is 3.09. The van der Waals surface area contributed by atoms with Crippen LogP contribution >= 0.6 is 0 Å². The first kappa shape index (κ1) is 14.9. The van der Waals surface area contributed by atoms with Crippen molar-refractivity contribution in [3.05, 3.63) is 29.3 Å². The van der Waals surface area contributed by atoms with Crippen LogP contribution in [0.4, 0.5) is 0 Å². The van der Waals surface area contributed by atoms with E-state index in [-0.39, 0.29) is 0 Å². The zero-order chi connectivity index (χ0) is 14.8. The molecule has 0 bridgehead atoms. The summed E-state index contributed by atoms with van der Waals surface area (Å²) in [4.78, 5) is 2.68. The number of methoxy groups -OCH3 is 1. The lowest BCUT2D eigenvalue weighted by molar-refractivity contribution is 0.103. The minimum Gasteiger partial charge on any atom is -0.497 e. The van der Waals surface area contributed by atoms with Gasteiger partial charge in [-0.25, -0.2) is 0 Å². The molecule has 3 nitrogen and oxygen atoms in total. The topological polar surface area (TPSA) is 38.5 Å². The van der Waals surface area contributed by atoms with Crippen molar-refractivity contribution in [1.29, 1.82) is 0 Å². The van der Waals surface area contributed by atoms with Crippen molar-refractivity contribution >= 4 is 0 Å². The summed E-state index contributed by atoms with van der Waals surface area (Å²) < 4.78 is 5.38. The predicted octanol–water partition coefficient (Wildman–Crippen LogP) is 3.13. The van der Waals surface area contributed by atoms with Gasteiger partial charge in [0.15, 0.2) is 0 Å². The maximum atomic E-state index is 6.15. The van der Waals surface area contributed by atoms with E-state index in [0.717, 1.165) is 12.3 Å². The number of nitrogens with two attached hydrogens (primary N) is 1. The van der Waals surface area contributed by atoms with Crippen LogP contribution in [-0.2, 0) is 6.42 Å². The largest absolute Gasteiger partial charge is 0.497 e. The molecule has 3 atom stereocenters. The van der Waals surface area contributed by atoms with Gasteiger partial charge in [-0.2, -0.15) is 0 Å². The molecule has 0 spiro atoms. The van der Waals surface area contributed by atoms with Crippen LogP contribution < -0.4 is 10.5 Å². The Labute approximate surface area is 128 Å². The van der Waals surface area contributed by atoms with E-state index in [2.05, 4.69) is 30.0 Å². The molecule has 3 heteroatoms. The Balaban J connectivity index is 1.81. The molecule has 3 unspecified atom stereocenters. The number of piperidine rings is 1. The van der Waals surface area contributed by atoms with Crippen molar-refractivity contribution in [3.63, 3.8) is 0 Å². The Morgan fingerprint density at radius 1 is 1.29 bits per heavy atom. The lowest BCUT2D eigenvalue weighted by Crippen LogP contribution is -2.44. The molecule has 1 heterocycles. The number of rotatable bonds is 3. The van der Waals surface area contributed by atoms with E-state index in [1.807, 2.05) is 0 Å². The van der Waals surface area contributed by atoms with Gasteiger partial charge in [0.2, 0.25) is 0 Å². The van der Waals surface area contributed by atoms with E-state index >= 15 is 0 Å². The van der Waals surface area contributed by atoms with Crippen LogP contribution in [0.5, 0.6) is 5.75 Å². The number of nitrogens with zero attached hydrogens (tertiary/aromatic N) is 1. The number of fused-ring (bicyclic) bond motifs is 1. The highest BCUT2D eigenvalue weighted by molar-refractivity contribution is 5.39. The SMILES string of the molecule is COc1ccc2c(c1)CCCC2N1CCCC(C(C)N)C1. The molecule has 1 fully saturated rings. The molecule has 0 amide bonds. The van der Waals surface area contributed by atoms with Gasteiger partial charge in [-0.05, 0) is 74.8 Å². The Morgan fingerprint density at radius 3 is 2.90 bits per heavy atom. The average Bonchev–Trinajstić information content (AvgIpc) is 2.53. The summed E-state index contributed by atoms with van der Waals surface area (Å²) in [6.07, 6.45) is 6.33. The van der Waals surface area contributed by atoms with E-state index in [9.17, 15) is 0 Å². The average molecular weight is 288 g/mol. The van der Waals surface area contributed by atoms with Crippen LogP contribution in [0.15, 0.2) is 18.2 Å². The Kier molecular flexibility index (Phi) is 4.51. The number of aryl methyl sites for hydroxylation is 1. The number of benzene rings is 1. The van der Waals surface area contributed by atoms with E-state index in [0.29, 0.717) is 18.0 Å². The molecule has 1 aliphatic carbocycles. The summed E-state index contributed by atoms with van der Waals surface area (Å²) in [7, 11) is 1.75. The van der Waals surface area contributed by atoms with Crippen molar-refractivity contribution in [3.8, 4) is 5.75 Å². The fourth-order valence-corrected chi connectivity index (χ4v) is 4.02. The van der Waals surface area contributed by atoms with Crippen LogP contribution in [0.3, 0.4) is 0 Å². The van der Waals surface area contributed by atoms with E-state index in [1.165, 1.54) is 49.8 Å². The Hall–Kier alpha value is -1.06. The maximum Gasteiger partial charge on any atom is 0.119 e. The third-order valence-electron chi connectivity index (χ3n) is 5.31. The van der Waals surface area contributed by atoms with Gasteiger partial charge in [0, 0.05) is 18.6 Å². The number of hydrogen-bond acceptors (Lipinski definition) is 3. The molecule has 116 valence electrons. The minimum absolute atomic E-state index is 0.312. The standard InChI is InChI=1S/C18H28N2O/c1-13(19)15-6-4-10-20(12-15)18-7-3-5-14-11-16(21-2)8-9-17(14)18/h8-9,11,13,15,18H,3-7,10,12,19H2,1-2H3. The fourth-order valence-electron chi connectivity index (χ4n) is 4.02. The van der Waals surface area contributed by atoms with E-state index in [1.54, 1.807) is 7.11 Å². The molecule has 3 rings (SSSR count). The van der Waals surface area contributed by atoms with Crippen molar-refractivity contribution in [1.82, 2.24) is 4.90 Å². The van der Waals surface area contributed by atoms with Crippen molar-refractivity contribution in [2.45, 2.75) is 51.1 Å². The van der Waals surface area contributed by atoms with Gasteiger partial charge in [-0.15, -0.1) is 0 Å². The normalized spacial score (nSPS) is 28.0. The number of ether oxygens (including phenoxy) is 1. The van der Waals surface area contributed by atoms with Crippen LogP contribution in [-0.4, -0.2) is 31.1 Å². The summed E-state index contributed by atoms with van der Waals surface area (Å²) >= 11 is 0. The van der Waals surface area contributed by atoms with E-state index < -0.39 is 0 Å². The zero-order valence-electron chi connectivity index (χ0n) is 13.3. The first-order valence-electron chi connectivity index (χ1n) is 8.35. The van der Waals surface area contributed by atoms with Gasteiger partial charge in [0.05, 0.1) is 7.11 Å². The second kappa shape index (κ2) is 6.37. The molecule has 0 radical (unpaired) electrons. The third-order valence-corrected chi connectivity index (χ3v) is 5.31. The van der Waals surface area contributed by atoms with Crippen LogP contribution in [0.1, 0.15) is 49.8 Å². The number of likely N-dealkylation sites (tertiary alicyclic amines) is 1. The van der Waals surface area contributed by atoms with Gasteiger partial charge in [0.25, 0.3) is 0 Å². The quantitative estimate of drug-likeness (QED) is 0.928. The van der Waals surface area contributed by atoms with Gasteiger partial charge >= 0.3 is 0 Å². The van der Waals surface area contributed by atoms with Crippen molar-refractivity contribution in [2.24, 2.45) is 11.7 Å². The molecule has 0 aromatic heterocycles. The minimum atomic E-state index is 0.312. The molecule has 0 saturated carbocycles. The smallest absolute Gasteiger partial charge is 0.119 e. The van der Waals surface area contributed by atoms with E-state index in [4.69, 9.17) is 10.5 Å². The Bertz CT molecular complexity index is 486. The lowest BCUT2D eigenvalue weighted by Gasteiger charge is -2.42. The molecule has 1 aromatic carbocycles. The zero-order valence-corrected chi connectivity index (χ0v) is 13.3. The van der Waals surface area contributed by atoms with Crippen molar-refractivity contribution < 1.29 is 4.74 Å².